The van der Waals surface area contributed by atoms with Gasteiger partial charge in [0.25, 0.3) is 11.6 Å². The Hall–Kier alpha value is -2.35. The molecule has 2 aromatic rings. The third-order valence-electron chi connectivity index (χ3n) is 2.52. The number of hydrogen-bond acceptors (Lipinski definition) is 6. The van der Waals surface area contributed by atoms with Gasteiger partial charge in [-0.3, -0.25) is 10.1 Å². The molecule has 8 heteroatoms. The summed E-state index contributed by atoms with van der Waals surface area (Å²) in [4.78, 5) is 9.87. The van der Waals surface area contributed by atoms with Crippen LogP contribution in [0.3, 0.4) is 0 Å². The van der Waals surface area contributed by atoms with E-state index < -0.39 is 10.7 Å². The molecule has 2 rings (SSSR count). The quantitative estimate of drug-likeness (QED) is 0.667. The molecule has 7 nitrogen and oxygen atoms in total. The standard InChI is InChI=1S/C12H13FN4O3/c1-7(2)14-6-11-15-16-12(20-11)9-4-3-8(17(18)19)5-10(9)13/h3-5,7,14H,6H2,1-2H3. The third-order valence-corrected chi connectivity index (χ3v) is 2.52. The first-order valence-corrected chi connectivity index (χ1v) is 5.97. The number of nitro groups is 1. The Morgan fingerprint density at radius 1 is 1.45 bits per heavy atom. The monoisotopic (exact) mass is 280 g/mol. The fourth-order valence-electron chi connectivity index (χ4n) is 1.52. The highest BCUT2D eigenvalue weighted by atomic mass is 19.1. The van der Waals surface area contributed by atoms with Crippen LogP contribution in [0.25, 0.3) is 11.5 Å². The molecule has 1 aromatic heterocycles. The zero-order chi connectivity index (χ0) is 14.7. The van der Waals surface area contributed by atoms with Gasteiger partial charge in [0.2, 0.25) is 5.89 Å². The molecule has 0 amide bonds. The van der Waals surface area contributed by atoms with Crippen molar-refractivity contribution in [2.75, 3.05) is 0 Å². The Morgan fingerprint density at radius 2 is 2.20 bits per heavy atom. The lowest BCUT2D eigenvalue weighted by Gasteiger charge is -2.03. The van der Waals surface area contributed by atoms with Gasteiger partial charge >= 0.3 is 0 Å². The van der Waals surface area contributed by atoms with Gasteiger partial charge in [0.05, 0.1) is 23.1 Å². The molecule has 0 spiro atoms. The van der Waals surface area contributed by atoms with Crippen LogP contribution in [0, 0.1) is 15.9 Å². The molecule has 0 aliphatic carbocycles. The second kappa shape index (κ2) is 5.74. The van der Waals surface area contributed by atoms with Crippen LogP contribution in [0.2, 0.25) is 0 Å². The van der Waals surface area contributed by atoms with Crippen LogP contribution in [-0.2, 0) is 6.54 Å². The third kappa shape index (κ3) is 3.15. The first kappa shape index (κ1) is 14.1. The van der Waals surface area contributed by atoms with Crippen molar-refractivity contribution in [2.24, 2.45) is 0 Å². The second-order valence-electron chi connectivity index (χ2n) is 4.46. The molecule has 1 heterocycles. The Balaban J connectivity index is 2.21. The predicted molar refractivity (Wildman–Crippen MR) is 68.3 cm³/mol. The van der Waals surface area contributed by atoms with Crippen molar-refractivity contribution < 1.29 is 13.7 Å². The second-order valence-corrected chi connectivity index (χ2v) is 4.46. The van der Waals surface area contributed by atoms with Crippen molar-refractivity contribution in [3.8, 4) is 11.5 Å². The minimum absolute atomic E-state index is 0.00189. The summed E-state index contributed by atoms with van der Waals surface area (Å²) in [5.41, 5.74) is -0.286. The number of halogens is 1. The highest BCUT2D eigenvalue weighted by Crippen LogP contribution is 2.25. The number of nitrogens with zero attached hydrogens (tertiary/aromatic N) is 3. The fraction of sp³-hybridized carbons (Fsp3) is 0.333. The molecule has 0 saturated heterocycles. The number of nitrogens with one attached hydrogen (secondary N) is 1. The van der Waals surface area contributed by atoms with E-state index in [0.717, 1.165) is 6.07 Å². The topological polar surface area (TPSA) is 94.1 Å². The van der Waals surface area contributed by atoms with E-state index >= 15 is 0 Å². The van der Waals surface area contributed by atoms with Crippen LogP contribution in [0.1, 0.15) is 19.7 Å². The van der Waals surface area contributed by atoms with Gasteiger partial charge in [0.1, 0.15) is 5.82 Å². The number of aromatic nitrogens is 2. The predicted octanol–water partition coefficient (Wildman–Crippen LogP) is 2.28. The van der Waals surface area contributed by atoms with Gasteiger partial charge in [0, 0.05) is 12.1 Å². The van der Waals surface area contributed by atoms with E-state index in [-0.39, 0.29) is 23.2 Å². The maximum atomic E-state index is 13.8. The molecule has 0 bridgehead atoms. The van der Waals surface area contributed by atoms with E-state index in [9.17, 15) is 14.5 Å². The summed E-state index contributed by atoms with van der Waals surface area (Å²) in [6.45, 7) is 4.31. The summed E-state index contributed by atoms with van der Waals surface area (Å²) in [7, 11) is 0. The molecule has 0 aliphatic rings. The van der Waals surface area contributed by atoms with Crippen LogP contribution in [0.15, 0.2) is 22.6 Å². The smallest absolute Gasteiger partial charge is 0.272 e. The van der Waals surface area contributed by atoms with E-state index in [4.69, 9.17) is 4.42 Å². The van der Waals surface area contributed by atoms with Crippen LogP contribution >= 0.6 is 0 Å². The fourth-order valence-corrected chi connectivity index (χ4v) is 1.52. The maximum absolute atomic E-state index is 13.8. The Labute approximate surface area is 114 Å². The Kier molecular flexibility index (Phi) is 4.04. The molecule has 106 valence electrons. The molecule has 20 heavy (non-hydrogen) atoms. The summed E-state index contributed by atoms with van der Waals surface area (Å²) in [5, 5.41) is 21.1. The summed E-state index contributed by atoms with van der Waals surface area (Å²) in [6, 6.07) is 3.52. The SMILES string of the molecule is CC(C)NCc1nnc(-c2ccc([N+](=O)[O-])cc2F)o1. The molecule has 0 aliphatic heterocycles. The lowest BCUT2D eigenvalue weighted by atomic mass is 10.2. The number of hydrogen-bond donors (Lipinski definition) is 1. The maximum Gasteiger partial charge on any atom is 0.272 e. The lowest BCUT2D eigenvalue weighted by Crippen LogP contribution is -2.21. The van der Waals surface area contributed by atoms with Crippen molar-refractivity contribution in [3.63, 3.8) is 0 Å². The molecule has 1 N–H and O–H groups in total. The van der Waals surface area contributed by atoms with E-state index in [1.165, 1.54) is 12.1 Å². The summed E-state index contributed by atoms with van der Waals surface area (Å²) in [5.74, 6) is -0.448. The average molecular weight is 280 g/mol. The molecule has 0 atom stereocenters. The summed E-state index contributed by atoms with van der Waals surface area (Å²) < 4.78 is 19.1. The summed E-state index contributed by atoms with van der Waals surface area (Å²) in [6.07, 6.45) is 0. The number of non-ortho nitro benzene ring substituents is 1. The first-order valence-electron chi connectivity index (χ1n) is 5.97. The molecule has 0 saturated carbocycles. The first-order chi connectivity index (χ1) is 9.47. The normalized spacial score (nSPS) is 11.0. The molecule has 0 fully saturated rings. The number of benzene rings is 1. The minimum atomic E-state index is -0.772. The van der Waals surface area contributed by atoms with Gasteiger partial charge in [0.15, 0.2) is 0 Å². The molecule has 1 aromatic carbocycles. The van der Waals surface area contributed by atoms with Crippen LogP contribution in [0.4, 0.5) is 10.1 Å². The van der Waals surface area contributed by atoms with Gasteiger partial charge in [-0.2, -0.15) is 0 Å². The molecular weight excluding hydrogens is 267 g/mol. The van der Waals surface area contributed by atoms with Crippen molar-refractivity contribution in [1.82, 2.24) is 15.5 Å². The molecule has 0 radical (unpaired) electrons. The highest BCUT2D eigenvalue weighted by Gasteiger charge is 2.16. The number of nitro benzene ring substituents is 1. The minimum Gasteiger partial charge on any atom is -0.419 e. The zero-order valence-electron chi connectivity index (χ0n) is 11.0. The van der Waals surface area contributed by atoms with Crippen molar-refractivity contribution in [2.45, 2.75) is 26.4 Å². The highest BCUT2D eigenvalue weighted by molar-refractivity contribution is 5.56. The van der Waals surface area contributed by atoms with Crippen LogP contribution in [-0.4, -0.2) is 21.2 Å². The van der Waals surface area contributed by atoms with Gasteiger partial charge in [-0.1, -0.05) is 13.8 Å². The zero-order valence-corrected chi connectivity index (χ0v) is 11.0. The van der Waals surface area contributed by atoms with Gasteiger partial charge in [-0.15, -0.1) is 10.2 Å². The van der Waals surface area contributed by atoms with Crippen LogP contribution in [0.5, 0.6) is 0 Å². The van der Waals surface area contributed by atoms with E-state index in [1.54, 1.807) is 0 Å². The Morgan fingerprint density at radius 3 is 2.80 bits per heavy atom. The van der Waals surface area contributed by atoms with Gasteiger partial charge in [-0.05, 0) is 6.07 Å². The van der Waals surface area contributed by atoms with E-state index in [2.05, 4.69) is 15.5 Å². The molecular formula is C12H13FN4O3. The Bertz CT molecular complexity index is 627. The number of rotatable bonds is 5. The van der Waals surface area contributed by atoms with E-state index in [0.29, 0.717) is 12.4 Å². The van der Waals surface area contributed by atoms with Crippen molar-refractivity contribution >= 4 is 5.69 Å². The van der Waals surface area contributed by atoms with Crippen molar-refractivity contribution in [1.29, 1.82) is 0 Å². The van der Waals surface area contributed by atoms with E-state index in [1.807, 2.05) is 13.8 Å². The van der Waals surface area contributed by atoms with Crippen molar-refractivity contribution in [3.05, 3.63) is 40.0 Å². The van der Waals surface area contributed by atoms with Gasteiger partial charge < -0.3 is 9.73 Å². The van der Waals surface area contributed by atoms with Gasteiger partial charge in [-0.25, -0.2) is 4.39 Å². The largest absolute Gasteiger partial charge is 0.419 e. The molecule has 0 unspecified atom stereocenters. The summed E-state index contributed by atoms with van der Waals surface area (Å²) >= 11 is 0. The lowest BCUT2D eigenvalue weighted by molar-refractivity contribution is -0.385. The average Bonchev–Trinajstić information content (AvgIpc) is 2.84. The van der Waals surface area contributed by atoms with Crippen LogP contribution < -0.4 is 5.32 Å².